The fraction of sp³-hybridized carbons (Fsp3) is 0.400. The van der Waals surface area contributed by atoms with Gasteiger partial charge < -0.3 is 20.5 Å². The molecule has 1 aromatic heterocycles. The van der Waals surface area contributed by atoms with E-state index in [0.29, 0.717) is 0 Å². The highest BCUT2D eigenvalue weighted by atomic mass is 35.5. The van der Waals surface area contributed by atoms with E-state index in [9.17, 15) is 4.79 Å². The van der Waals surface area contributed by atoms with Crippen LogP contribution in [0.4, 0.5) is 5.82 Å². The second-order valence-corrected chi connectivity index (χ2v) is 3.85. The molecule has 0 saturated carbocycles. The summed E-state index contributed by atoms with van der Waals surface area (Å²) >= 11 is 5.86. The Balaban J connectivity index is 2.90. The Morgan fingerprint density at radius 3 is 2.50 bits per heavy atom. The van der Waals surface area contributed by atoms with E-state index >= 15 is 0 Å². The van der Waals surface area contributed by atoms with Gasteiger partial charge in [0.05, 0.1) is 23.8 Å². The quantitative estimate of drug-likeness (QED) is 0.409. The van der Waals surface area contributed by atoms with Gasteiger partial charge in [-0.05, 0) is 6.07 Å². The minimum atomic E-state index is -0.365. The van der Waals surface area contributed by atoms with Crippen LogP contribution in [-0.4, -0.2) is 52.3 Å². The van der Waals surface area contributed by atoms with E-state index in [2.05, 4.69) is 10.4 Å². The molecular formula is C10H15ClN4O3. The van der Waals surface area contributed by atoms with E-state index in [-0.39, 0.29) is 48.6 Å². The molecule has 1 amide bonds. The van der Waals surface area contributed by atoms with Gasteiger partial charge in [0.15, 0.2) is 5.82 Å². The Hall–Kier alpha value is -1.41. The number of nitrogens with one attached hydrogen (secondary N) is 1. The van der Waals surface area contributed by atoms with Crippen molar-refractivity contribution in [2.75, 3.05) is 31.7 Å². The number of hydrogen-bond acceptors (Lipinski definition) is 6. The van der Waals surface area contributed by atoms with Crippen molar-refractivity contribution in [2.45, 2.75) is 0 Å². The highest BCUT2D eigenvalue weighted by Gasteiger charge is 2.16. The molecule has 1 aromatic rings. The fourth-order valence-electron chi connectivity index (χ4n) is 1.40. The van der Waals surface area contributed by atoms with Crippen LogP contribution in [0.25, 0.3) is 0 Å². The summed E-state index contributed by atoms with van der Waals surface area (Å²) in [6.07, 6.45) is 1.32. The zero-order chi connectivity index (χ0) is 13.5. The number of aromatic nitrogens is 1. The molecule has 7 nitrogen and oxygen atoms in total. The van der Waals surface area contributed by atoms with Crippen molar-refractivity contribution in [3.05, 3.63) is 22.8 Å². The van der Waals surface area contributed by atoms with Gasteiger partial charge in [0.25, 0.3) is 5.91 Å². The van der Waals surface area contributed by atoms with E-state index in [1.165, 1.54) is 17.2 Å². The van der Waals surface area contributed by atoms with Gasteiger partial charge >= 0.3 is 0 Å². The van der Waals surface area contributed by atoms with E-state index in [0.717, 1.165) is 0 Å². The molecule has 0 aliphatic heterocycles. The minimum absolute atomic E-state index is 0.133. The lowest BCUT2D eigenvalue weighted by atomic mass is 10.2. The van der Waals surface area contributed by atoms with Gasteiger partial charge in [-0.3, -0.25) is 4.79 Å². The molecular weight excluding hydrogens is 260 g/mol. The Kier molecular flexibility index (Phi) is 5.79. The lowest BCUT2D eigenvalue weighted by Gasteiger charge is -2.20. The standard InChI is InChI=1S/C10H15ClN4O3/c11-8-5-7(6-13-9(8)14-12)10(18)15(1-3-16)2-4-17/h5-6,16-17H,1-4,12H2,(H,13,14). The first-order valence-corrected chi connectivity index (χ1v) is 5.65. The number of hydrogen-bond donors (Lipinski definition) is 4. The van der Waals surface area contributed by atoms with Crippen molar-refractivity contribution in [3.8, 4) is 0 Å². The SMILES string of the molecule is NNc1ncc(C(=O)N(CCO)CCO)cc1Cl. The molecule has 0 saturated heterocycles. The van der Waals surface area contributed by atoms with Crippen LogP contribution < -0.4 is 11.3 Å². The fourth-order valence-corrected chi connectivity index (χ4v) is 1.62. The summed E-state index contributed by atoms with van der Waals surface area (Å²) in [7, 11) is 0. The smallest absolute Gasteiger partial charge is 0.255 e. The predicted molar refractivity (Wildman–Crippen MR) is 67.1 cm³/mol. The highest BCUT2D eigenvalue weighted by Crippen LogP contribution is 2.19. The van der Waals surface area contributed by atoms with Crippen LogP contribution in [0.3, 0.4) is 0 Å². The molecule has 0 spiro atoms. The first-order valence-electron chi connectivity index (χ1n) is 5.27. The summed E-state index contributed by atoms with van der Waals surface area (Å²) in [6, 6.07) is 1.42. The van der Waals surface area contributed by atoms with Gasteiger partial charge in [0, 0.05) is 19.3 Å². The molecule has 5 N–H and O–H groups in total. The summed E-state index contributed by atoms with van der Waals surface area (Å²) < 4.78 is 0. The predicted octanol–water partition coefficient (Wildman–Crippen LogP) is -0.553. The first kappa shape index (κ1) is 14.7. The van der Waals surface area contributed by atoms with Crippen molar-refractivity contribution in [2.24, 2.45) is 5.84 Å². The molecule has 18 heavy (non-hydrogen) atoms. The molecule has 0 aliphatic rings. The maximum Gasteiger partial charge on any atom is 0.255 e. The normalized spacial score (nSPS) is 10.2. The van der Waals surface area contributed by atoms with Crippen LogP contribution in [0.5, 0.6) is 0 Å². The van der Waals surface area contributed by atoms with Gasteiger partial charge in [-0.2, -0.15) is 0 Å². The number of rotatable bonds is 6. The Morgan fingerprint density at radius 2 is 2.06 bits per heavy atom. The highest BCUT2D eigenvalue weighted by molar-refractivity contribution is 6.33. The average Bonchev–Trinajstić information content (AvgIpc) is 2.37. The Labute approximate surface area is 109 Å². The minimum Gasteiger partial charge on any atom is -0.395 e. The van der Waals surface area contributed by atoms with Crippen LogP contribution in [0.2, 0.25) is 5.02 Å². The summed E-state index contributed by atoms with van der Waals surface area (Å²) in [6.45, 7) is -0.105. The number of hydrazine groups is 1. The van der Waals surface area contributed by atoms with E-state index < -0.39 is 0 Å². The summed E-state index contributed by atoms with van der Waals surface area (Å²) in [5, 5.41) is 17.9. The second-order valence-electron chi connectivity index (χ2n) is 3.44. The van der Waals surface area contributed by atoms with Crippen molar-refractivity contribution < 1.29 is 15.0 Å². The zero-order valence-electron chi connectivity index (χ0n) is 9.64. The molecule has 0 unspecified atom stereocenters. The molecule has 1 heterocycles. The van der Waals surface area contributed by atoms with Crippen molar-refractivity contribution in [1.82, 2.24) is 9.88 Å². The lowest BCUT2D eigenvalue weighted by molar-refractivity contribution is 0.0684. The van der Waals surface area contributed by atoms with Crippen molar-refractivity contribution in [3.63, 3.8) is 0 Å². The molecule has 0 radical (unpaired) electrons. The largest absolute Gasteiger partial charge is 0.395 e. The van der Waals surface area contributed by atoms with Crippen LogP contribution in [0, 0.1) is 0 Å². The zero-order valence-corrected chi connectivity index (χ0v) is 10.4. The number of halogens is 1. The van der Waals surface area contributed by atoms with Gasteiger partial charge in [0.1, 0.15) is 0 Å². The monoisotopic (exact) mass is 274 g/mol. The van der Waals surface area contributed by atoms with Crippen LogP contribution in [0.1, 0.15) is 10.4 Å². The topological polar surface area (TPSA) is 112 Å². The van der Waals surface area contributed by atoms with Crippen molar-refractivity contribution >= 4 is 23.3 Å². The van der Waals surface area contributed by atoms with Gasteiger partial charge in [-0.25, -0.2) is 10.8 Å². The molecule has 0 aliphatic carbocycles. The number of carbonyl (C=O) groups is 1. The van der Waals surface area contributed by atoms with Crippen LogP contribution >= 0.6 is 11.6 Å². The third kappa shape index (κ3) is 3.54. The molecule has 0 bridgehead atoms. The molecule has 100 valence electrons. The van der Waals surface area contributed by atoms with E-state index in [1.54, 1.807) is 0 Å². The third-order valence-corrected chi connectivity index (χ3v) is 2.54. The third-order valence-electron chi connectivity index (χ3n) is 2.25. The lowest BCUT2D eigenvalue weighted by Crippen LogP contribution is -2.36. The number of nitrogens with two attached hydrogens (primary N) is 1. The van der Waals surface area contributed by atoms with Gasteiger partial charge in [-0.15, -0.1) is 0 Å². The summed E-state index contributed by atoms with van der Waals surface area (Å²) in [5.74, 6) is 5.08. The van der Waals surface area contributed by atoms with E-state index in [4.69, 9.17) is 27.7 Å². The molecule has 0 fully saturated rings. The average molecular weight is 275 g/mol. The number of carbonyl (C=O) groups excluding carboxylic acids is 1. The molecule has 0 aromatic carbocycles. The van der Waals surface area contributed by atoms with Crippen LogP contribution in [-0.2, 0) is 0 Å². The molecule has 1 rings (SSSR count). The van der Waals surface area contributed by atoms with Gasteiger partial charge in [-0.1, -0.05) is 11.6 Å². The maximum atomic E-state index is 12.0. The van der Waals surface area contributed by atoms with Gasteiger partial charge in [0.2, 0.25) is 0 Å². The number of nitrogens with zero attached hydrogens (tertiary/aromatic N) is 2. The maximum absolute atomic E-state index is 12.0. The summed E-state index contributed by atoms with van der Waals surface area (Å²) in [5.41, 5.74) is 2.56. The molecule has 0 atom stereocenters. The number of pyridine rings is 1. The summed E-state index contributed by atoms with van der Waals surface area (Å²) in [4.78, 5) is 17.2. The number of amides is 1. The van der Waals surface area contributed by atoms with E-state index in [1.807, 2.05) is 0 Å². The Morgan fingerprint density at radius 1 is 1.44 bits per heavy atom. The number of aliphatic hydroxyl groups is 2. The molecule has 8 heteroatoms. The first-order chi connectivity index (χ1) is 8.63. The second kappa shape index (κ2) is 7.12. The Bertz CT molecular complexity index is 410. The number of nitrogen functional groups attached to an aromatic ring is 1. The number of aliphatic hydroxyl groups excluding tert-OH is 2. The number of anilines is 1. The van der Waals surface area contributed by atoms with Crippen LogP contribution in [0.15, 0.2) is 12.3 Å². The van der Waals surface area contributed by atoms with Crippen molar-refractivity contribution in [1.29, 1.82) is 0 Å².